The van der Waals surface area contributed by atoms with Crippen molar-refractivity contribution in [1.82, 2.24) is 4.98 Å². The fourth-order valence-corrected chi connectivity index (χ4v) is 2.93. The molecule has 0 saturated heterocycles. The highest BCUT2D eigenvalue weighted by atomic mass is 16.5. The highest BCUT2D eigenvalue weighted by Crippen LogP contribution is 2.35. The number of nitrogens with one attached hydrogen (secondary N) is 1. The summed E-state index contributed by atoms with van der Waals surface area (Å²) < 4.78 is 5.43. The first-order chi connectivity index (χ1) is 11.8. The minimum atomic E-state index is 0.603. The van der Waals surface area contributed by atoms with Crippen LogP contribution in [-0.2, 0) is 0 Å². The van der Waals surface area contributed by atoms with Gasteiger partial charge in [0.15, 0.2) is 5.75 Å². The number of pyridine rings is 1. The summed E-state index contributed by atoms with van der Waals surface area (Å²) in [4.78, 5) is 4.74. The lowest BCUT2D eigenvalue weighted by Crippen LogP contribution is -1.99. The molecule has 3 N–H and O–H groups in total. The highest BCUT2D eigenvalue weighted by molar-refractivity contribution is 6.00. The number of para-hydroxylation sites is 2. The standard InChI is InChI=1S/C20H17N3O/c1-24-20-15(21)7-4-11-19(20)23-18-10-5-9-17-14(18)12-13-6-2-3-8-16(13)22-17/h2-12,23H,21H2,1H3. The van der Waals surface area contributed by atoms with E-state index in [-0.39, 0.29) is 0 Å². The van der Waals surface area contributed by atoms with Crippen LogP contribution in [0.2, 0.25) is 0 Å². The van der Waals surface area contributed by atoms with Gasteiger partial charge in [-0.1, -0.05) is 30.3 Å². The first-order valence-electron chi connectivity index (χ1n) is 7.74. The van der Waals surface area contributed by atoms with E-state index in [1.54, 1.807) is 7.11 Å². The van der Waals surface area contributed by atoms with Gasteiger partial charge in [0.25, 0.3) is 0 Å². The van der Waals surface area contributed by atoms with E-state index in [1.165, 1.54) is 0 Å². The van der Waals surface area contributed by atoms with Gasteiger partial charge in [-0.05, 0) is 36.4 Å². The van der Waals surface area contributed by atoms with Gasteiger partial charge in [0, 0.05) is 16.5 Å². The summed E-state index contributed by atoms with van der Waals surface area (Å²) in [7, 11) is 1.62. The van der Waals surface area contributed by atoms with E-state index >= 15 is 0 Å². The number of benzene rings is 3. The fourth-order valence-electron chi connectivity index (χ4n) is 2.93. The van der Waals surface area contributed by atoms with Crippen LogP contribution in [-0.4, -0.2) is 12.1 Å². The fraction of sp³-hybridized carbons (Fsp3) is 0.0500. The zero-order valence-electron chi connectivity index (χ0n) is 13.3. The van der Waals surface area contributed by atoms with Crippen LogP contribution in [0, 0.1) is 0 Å². The molecule has 1 heterocycles. The second-order valence-corrected chi connectivity index (χ2v) is 5.61. The molecule has 0 aliphatic heterocycles. The summed E-state index contributed by atoms with van der Waals surface area (Å²) in [6.45, 7) is 0. The number of nitrogens with zero attached hydrogens (tertiary/aromatic N) is 1. The molecular weight excluding hydrogens is 298 g/mol. The molecule has 0 saturated carbocycles. The van der Waals surface area contributed by atoms with Crippen molar-refractivity contribution in [2.45, 2.75) is 0 Å². The normalized spacial score (nSPS) is 10.9. The van der Waals surface area contributed by atoms with Crippen molar-refractivity contribution in [2.75, 3.05) is 18.2 Å². The van der Waals surface area contributed by atoms with Gasteiger partial charge in [0.05, 0.1) is 29.5 Å². The lowest BCUT2D eigenvalue weighted by atomic mass is 10.1. The third kappa shape index (κ3) is 2.38. The van der Waals surface area contributed by atoms with Crippen LogP contribution < -0.4 is 15.8 Å². The molecule has 0 atom stereocenters. The predicted molar refractivity (Wildman–Crippen MR) is 99.9 cm³/mol. The Morgan fingerprint density at radius 1 is 0.875 bits per heavy atom. The summed E-state index contributed by atoms with van der Waals surface area (Å²) >= 11 is 0. The zero-order valence-corrected chi connectivity index (χ0v) is 13.3. The summed E-state index contributed by atoms with van der Waals surface area (Å²) in [5.41, 5.74) is 10.3. The third-order valence-electron chi connectivity index (χ3n) is 4.08. The first kappa shape index (κ1) is 14.3. The number of methoxy groups -OCH3 is 1. The van der Waals surface area contributed by atoms with E-state index < -0.39 is 0 Å². The number of anilines is 3. The summed E-state index contributed by atoms with van der Waals surface area (Å²) in [6.07, 6.45) is 0. The van der Waals surface area contributed by atoms with Gasteiger partial charge in [-0.2, -0.15) is 0 Å². The van der Waals surface area contributed by atoms with Crippen molar-refractivity contribution >= 4 is 38.9 Å². The highest BCUT2D eigenvalue weighted by Gasteiger charge is 2.09. The van der Waals surface area contributed by atoms with Gasteiger partial charge >= 0.3 is 0 Å². The Kier molecular flexibility index (Phi) is 3.43. The lowest BCUT2D eigenvalue weighted by molar-refractivity contribution is 0.419. The average Bonchev–Trinajstić information content (AvgIpc) is 2.61. The SMILES string of the molecule is COc1c(N)cccc1Nc1cccc2nc3ccccc3cc12. The maximum Gasteiger partial charge on any atom is 0.165 e. The predicted octanol–water partition coefficient (Wildman–Crippen LogP) is 4.72. The average molecular weight is 315 g/mol. The topological polar surface area (TPSA) is 60.2 Å². The molecule has 0 radical (unpaired) electrons. The number of nitrogen functional groups attached to an aromatic ring is 1. The van der Waals surface area contributed by atoms with E-state index in [1.807, 2.05) is 54.6 Å². The van der Waals surface area contributed by atoms with Crippen LogP contribution in [0.3, 0.4) is 0 Å². The summed E-state index contributed by atoms with van der Waals surface area (Å²) in [6, 6.07) is 22.0. The van der Waals surface area contributed by atoms with Crippen molar-refractivity contribution in [3.63, 3.8) is 0 Å². The van der Waals surface area contributed by atoms with Gasteiger partial charge in [-0.25, -0.2) is 4.98 Å². The van der Waals surface area contributed by atoms with E-state index in [2.05, 4.69) is 17.4 Å². The maximum atomic E-state index is 6.00. The molecule has 0 fully saturated rings. The molecule has 24 heavy (non-hydrogen) atoms. The Morgan fingerprint density at radius 3 is 2.50 bits per heavy atom. The van der Waals surface area contributed by atoms with Gasteiger partial charge in [0.1, 0.15) is 0 Å². The quantitative estimate of drug-likeness (QED) is 0.424. The second kappa shape index (κ2) is 5.74. The smallest absolute Gasteiger partial charge is 0.165 e. The van der Waals surface area contributed by atoms with Crippen molar-refractivity contribution < 1.29 is 4.74 Å². The summed E-state index contributed by atoms with van der Waals surface area (Å²) in [5, 5.41) is 5.59. The first-order valence-corrected chi connectivity index (χ1v) is 7.74. The number of nitrogens with two attached hydrogens (primary N) is 1. The molecule has 0 amide bonds. The van der Waals surface area contributed by atoms with E-state index in [0.29, 0.717) is 11.4 Å². The minimum absolute atomic E-state index is 0.603. The molecule has 4 nitrogen and oxygen atoms in total. The largest absolute Gasteiger partial charge is 0.492 e. The van der Waals surface area contributed by atoms with Crippen LogP contribution in [0.4, 0.5) is 17.1 Å². The molecule has 4 rings (SSSR count). The molecule has 0 aliphatic rings. The Balaban J connectivity index is 1.88. The maximum absolute atomic E-state index is 6.00. The van der Waals surface area contributed by atoms with Gasteiger partial charge in [-0.3, -0.25) is 0 Å². The van der Waals surface area contributed by atoms with Crippen LogP contribution in [0.15, 0.2) is 66.7 Å². The molecule has 1 aromatic heterocycles. The van der Waals surface area contributed by atoms with Crippen LogP contribution in [0.5, 0.6) is 5.75 Å². The number of ether oxygens (including phenoxy) is 1. The number of aromatic nitrogens is 1. The second-order valence-electron chi connectivity index (χ2n) is 5.61. The van der Waals surface area contributed by atoms with Crippen molar-refractivity contribution in [2.24, 2.45) is 0 Å². The lowest BCUT2D eigenvalue weighted by Gasteiger charge is -2.14. The van der Waals surface area contributed by atoms with Crippen LogP contribution in [0.25, 0.3) is 21.8 Å². The molecule has 4 aromatic rings. The number of fused-ring (bicyclic) bond motifs is 2. The molecule has 0 spiro atoms. The molecule has 0 bridgehead atoms. The molecule has 0 unspecified atom stereocenters. The Morgan fingerprint density at radius 2 is 1.62 bits per heavy atom. The van der Waals surface area contributed by atoms with Crippen LogP contribution >= 0.6 is 0 Å². The Bertz CT molecular complexity index is 1040. The number of hydrogen-bond donors (Lipinski definition) is 2. The number of hydrogen-bond acceptors (Lipinski definition) is 4. The Labute approximate surface area is 139 Å². The molecule has 0 aliphatic carbocycles. The molecular formula is C20H17N3O. The van der Waals surface area contributed by atoms with Gasteiger partial charge in [0.2, 0.25) is 0 Å². The zero-order chi connectivity index (χ0) is 16.5. The monoisotopic (exact) mass is 315 g/mol. The van der Waals surface area contributed by atoms with E-state index in [4.69, 9.17) is 15.5 Å². The van der Waals surface area contributed by atoms with E-state index in [9.17, 15) is 0 Å². The third-order valence-corrected chi connectivity index (χ3v) is 4.08. The van der Waals surface area contributed by atoms with Crippen molar-refractivity contribution in [3.05, 3.63) is 66.7 Å². The molecule has 118 valence electrons. The van der Waals surface area contributed by atoms with Crippen molar-refractivity contribution in [1.29, 1.82) is 0 Å². The van der Waals surface area contributed by atoms with E-state index in [0.717, 1.165) is 33.2 Å². The van der Waals surface area contributed by atoms with Crippen molar-refractivity contribution in [3.8, 4) is 5.75 Å². The minimum Gasteiger partial charge on any atom is -0.492 e. The summed E-state index contributed by atoms with van der Waals surface area (Å²) in [5.74, 6) is 0.642. The van der Waals surface area contributed by atoms with Gasteiger partial charge < -0.3 is 15.8 Å². The Hall–Kier alpha value is -3.27. The van der Waals surface area contributed by atoms with Gasteiger partial charge in [-0.15, -0.1) is 0 Å². The molecule has 3 aromatic carbocycles. The van der Waals surface area contributed by atoms with Crippen LogP contribution in [0.1, 0.15) is 0 Å². The number of rotatable bonds is 3. The molecule has 4 heteroatoms.